The number of hydrogen-bond donors (Lipinski definition) is 1. The smallest absolute Gasteiger partial charge is 0.134 e. The Balaban J connectivity index is 1.93. The van der Waals surface area contributed by atoms with Gasteiger partial charge in [0.05, 0.1) is 5.60 Å². The van der Waals surface area contributed by atoms with Crippen molar-refractivity contribution < 1.29 is 9.90 Å². The van der Waals surface area contributed by atoms with Crippen molar-refractivity contribution in [3.05, 3.63) is 0 Å². The first-order chi connectivity index (χ1) is 6.07. The molecule has 0 amide bonds. The highest BCUT2D eigenvalue weighted by atomic mass is 16.3. The van der Waals surface area contributed by atoms with Gasteiger partial charge in [0, 0.05) is 32.0 Å². The third-order valence-corrected chi connectivity index (χ3v) is 3.22. The molecule has 0 spiro atoms. The van der Waals surface area contributed by atoms with Crippen LogP contribution in [0.1, 0.15) is 32.6 Å². The molecule has 1 heterocycles. The molecule has 13 heavy (non-hydrogen) atoms. The molecule has 1 saturated carbocycles. The normalized spacial score (nSPS) is 41.7. The minimum Gasteiger partial charge on any atom is -0.389 e. The van der Waals surface area contributed by atoms with Crippen LogP contribution in [0.5, 0.6) is 0 Å². The second-order valence-corrected chi connectivity index (χ2v) is 4.65. The first-order valence-electron chi connectivity index (χ1n) is 5.05. The molecule has 2 aliphatic rings. The number of carbonyl (C=O) groups is 1. The van der Waals surface area contributed by atoms with Gasteiger partial charge in [0.25, 0.3) is 0 Å². The fourth-order valence-corrected chi connectivity index (χ4v) is 2.40. The summed E-state index contributed by atoms with van der Waals surface area (Å²) in [5.41, 5.74) is -0.522. The van der Waals surface area contributed by atoms with Crippen LogP contribution in [-0.2, 0) is 4.79 Å². The Morgan fingerprint density at radius 3 is 2.85 bits per heavy atom. The zero-order valence-corrected chi connectivity index (χ0v) is 8.12. The van der Waals surface area contributed by atoms with Gasteiger partial charge < -0.3 is 5.11 Å². The van der Waals surface area contributed by atoms with Gasteiger partial charge in [-0.2, -0.15) is 0 Å². The molecule has 0 aromatic rings. The monoisotopic (exact) mass is 183 g/mol. The van der Waals surface area contributed by atoms with E-state index < -0.39 is 5.60 Å². The van der Waals surface area contributed by atoms with Crippen LogP contribution in [0.2, 0.25) is 0 Å². The maximum atomic E-state index is 11.1. The molecule has 1 saturated heterocycles. The van der Waals surface area contributed by atoms with Gasteiger partial charge in [-0.1, -0.05) is 0 Å². The Kier molecular flexibility index (Phi) is 2.16. The van der Waals surface area contributed by atoms with Crippen LogP contribution < -0.4 is 0 Å². The predicted octanol–water partition coefficient (Wildman–Crippen LogP) is 0.565. The fraction of sp³-hybridized carbons (Fsp3) is 0.900. The van der Waals surface area contributed by atoms with E-state index in [0.717, 1.165) is 32.4 Å². The third-order valence-electron chi connectivity index (χ3n) is 3.22. The number of rotatable bonds is 1. The average Bonchev–Trinajstić information content (AvgIpc) is 2.56. The molecule has 3 heteroatoms. The van der Waals surface area contributed by atoms with E-state index in [9.17, 15) is 9.90 Å². The van der Waals surface area contributed by atoms with Crippen LogP contribution >= 0.6 is 0 Å². The van der Waals surface area contributed by atoms with Gasteiger partial charge >= 0.3 is 0 Å². The first-order valence-corrected chi connectivity index (χ1v) is 5.05. The molecule has 0 radical (unpaired) electrons. The van der Waals surface area contributed by atoms with Crippen LogP contribution in [-0.4, -0.2) is 40.5 Å². The third kappa shape index (κ3) is 1.92. The van der Waals surface area contributed by atoms with Crippen molar-refractivity contribution >= 4 is 5.78 Å². The van der Waals surface area contributed by atoms with Gasteiger partial charge in [0.2, 0.25) is 0 Å². The van der Waals surface area contributed by atoms with Crippen LogP contribution in [0.15, 0.2) is 0 Å². The van der Waals surface area contributed by atoms with Gasteiger partial charge in [0.15, 0.2) is 0 Å². The molecule has 2 atom stereocenters. The van der Waals surface area contributed by atoms with Gasteiger partial charge in [-0.05, 0) is 19.8 Å². The van der Waals surface area contributed by atoms with E-state index in [2.05, 4.69) is 4.90 Å². The van der Waals surface area contributed by atoms with E-state index >= 15 is 0 Å². The van der Waals surface area contributed by atoms with Crippen LogP contribution in [0, 0.1) is 0 Å². The van der Waals surface area contributed by atoms with Crippen molar-refractivity contribution in [1.82, 2.24) is 4.90 Å². The highest BCUT2D eigenvalue weighted by Gasteiger charge is 2.37. The maximum Gasteiger partial charge on any atom is 0.134 e. The Bertz CT molecular complexity index is 225. The quantitative estimate of drug-likeness (QED) is 0.646. The molecule has 3 nitrogen and oxygen atoms in total. The number of ketones is 1. The van der Waals surface area contributed by atoms with E-state index in [4.69, 9.17) is 0 Å². The molecular formula is C10H17NO2. The van der Waals surface area contributed by atoms with Crippen molar-refractivity contribution in [2.45, 2.75) is 44.2 Å². The Labute approximate surface area is 78.7 Å². The molecule has 0 aromatic carbocycles. The van der Waals surface area contributed by atoms with Gasteiger partial charge in [0.1, 0.15) is 5.78 Å². The summed E-state index contributed by atoms with van der Waals surface area (Å²) >= 11 is 0. The summed E-state index contributed by atoms with van der Waals surface area (Å²) in [6.07, 6.45) is 3.28. The lowest BCUT2D eigenvalue weighted by atomic mass is 10.1. The molecule has 2 rings (SSSR count). The van der Waals surface area contributed by atoms with Gasteiger partial charge in [-0.25, -0.2) is 0 Å². The number of likely N-dealkylation sites (tertiary alicyclic amines) is 1. The van der Waals surface area contributed by atoms with Crippen molar-refractivity contribution in [3.8, 4) is 0 Å². The largest absolute Gasteiger partial charge is 0.389 e. The number of aliphatic hydroxyl groups is 1. The summed E-state index contributed by atoms with van der Waals surface area (Å²) in [7, 11) is 0. The van der Waals surface area contributed by atoms with Crippen LogP contribution in [0.4, 0.5) is 0 Å². The fourth-order valence-electron chi connectivity index (χ4n) is 2.40. The predicted molar refractivity (Wildman–Crippen MR) is 49.5 cm³/mol. The number of carbonyl (C=O) groups excluding carboxylic acids is 1. The molecule has 0 bridgehead atoms. The summed E-state index contributed by atoms with van der Waals surface area (Å²) in [5.74, 6) is 0.386. The van der Waals surface area contributed by atoms with Crippen molar-refractivity contribution in [2.24, 2.45) is 0 Å². The molecule has 2 fully saturated rings. The molecule has 1 aliphatic carbocycles. The number of Topliss-reactive ketones (excluding diaryl/α,β-unsaturated/α-hetero) is 1. The van der Waals surface area contributed by atoms with E-state index in [1.165, 1.54) is 0 Å². The SMILES string of the molecule is CC1(O)CCN(C2CCC(=O)C2)C1. The van der Waals surface area contributed by atoms with Gasteiger partial charge in [-0.3, -0.25) is 9.69 Å². The molecule has 74 valence electrons. The summed E-state index contributed by atoms with van der Waals surface area (Å²) in [6, 6.07) is 0.418. The summed E-state index contributed by atoms with van der Waals surface area (Å²) in [6.45, 7) is 3.57. The second kappa shape index (κ2) is 3.07. The zero-order valence-electron chi connectivity index (χ0n) is 8.12. The lowest BCUT2D eigenvalue weighted by Crippen LogP contribution is -2.35. The summed E-state index contributed by atoms with van der Waals surface area (Å²) < 4.78 is 0. The standard InChI is InChI=1S/C10H17NO2/c1-10(13)4-5-11(7-10)8-2-3-9(12)6-8/h8,13H,2-7H2,1H3. The lowest BCUT2D eigenvalue weighted by molar-refractivity contribution is -0.117. The minimum atomic E-state index is -0.522. The molecule has 1 aliphatic heterocycles. The number of nitrogens with zero attached hydrogens (tertiary/aromatic N) is 1. The number of β-amino-alcohol motifs (C(OH)–C–C–N with tert-alkyl or cyclic N) is 1. The van der Waals surface area contributed by atoms with Crippen molar-refractivity contribution in [2.75, 3.05) is 13.1 Å². The molecule has 1 N–H and O–H groups in total. The van der Waals surface area contributed by atoms with E-state index in [1.54, 1.807) is 0 Å². The van der Waals surface area contributed by atoms with E-state index in [1.807, 2.05) is 6.92 Å². The topological polar surface area (TPSA) is 40.5 Å². The molecule has 2 unspecified atom stereocenters. The first kappa shape index (κ1) is 9.16. The Morgan fingerprint density at radius 1 is 1.62 bits per heavy atom. The van der Waals surface area contributed by atoms with E-state index in [0.29, 0.717) is 18.2 Å². The highest BCUT2D eigenvalue weighted by Crippen LogP contribution is 2.28. The minimum absolute atomic E-state index is 0.386. The lowest BCUT2D eigenvalue weighted by Gasteiger charge is -2.24. The second-order valence-electron chi connectivity index (χ2n) is 4.65. The van der Waals surface area contributed by atoms with Crippen molar-refractivity contribution in [1.29, 1.82) is 0 Å². The van der Waals surface area contributed by atoms with Crippen LogP contribution in [0.25, 0.3) is 0 Å². The Hall–Kier alpha value is -0.410. The summed E-state index contributed by atoms with van der Waals surface area (Å²) in [4.78, 5) is 13.4. The average molecular weight is 183 g/mol. The van der Waals surface area contributed by atoms with Crippen molar-refractivity contribution in [3.63, 3.8) is 0 Å². The van der Waals surface area contributed by atoms with E-state index in [-0.39, 0.29) is 0 Å². The summed E-state index contributed by atoms with van der Waals surface area (Å²) in [5, 5.41) is 9.76. The maximum absolute atomic E-state index is 11.1. The number of hydrogen-bond acceptors (Lipinski definition) is 3. The molecule has 0 aromatic heterocycles. The highest BCUT2D eigenvalue weighted by molar-refractivity contribution is 5.81. The molecular weight excluding hydrogens is 166 g/mol. The zero-order chi connectivity index (χ0) is 9.47. The Morgan fingerprint density at radius 2 is 2.38 bits per heavy atom. The van der Waals surface area contributed by atoms with Crippen LogP contribution in [0.3, 0.4) is 0 Å². The van der Waals surface area contributed by atoms with Gasteiger partial charge in [-0.15, -0.1) is 0 Å².